The number of rotatable bonds is 1. The Hall–Kier alpha value is -2.41. The number of piperidine rings is 1. The Kier molecular flexibility index (Phi) is 3.34. The molecule has 1 saturated heterocycles. The molecule has 1 aromatic carbocycles. The van der Waals surface area contributed by atoms with Gasteiger partial charge in [0.05, 0.1) is 6.07 Å². The van der Waals surface area contributed by atoms with E-state index in [0.29, 0.717) is 12.2 Å². The molecule has 2 heterocycles. The van der Waals surface area contributed by atoms with Gasteiger partial charge < -0.3 is 4.90 Å². The molecule has 1 aromatic heterocycles. The molecule has 1 atom stereocenters. The smallest absolute Gasteiger partial charge is 0.274 e. The SMILES string of the molecule is N#CC1CCCCN1C(=O)c1nccc2ccccc12. The van der Waals surface area contributed by atoms with Crippen LogP contribution in [0.3, 0.4) is 0 Å². The molecule has 0 saturated carbocycles. The normalized spacial score (nSPS) is 18.8. The number of carbonyl (C=O) groups excluding carboxylic acids is 1. The van der Waals surface area contributed by atoms with Gasteiger partial charge in [-0.25, -0.2) is 0 Å². The van der Waals surface area contributed by atoms with Gasteiger partial charge in [-0.1, -0.05) is 24.3 Å². The summed E-state index contributed by atoms with van der Waals surface area (Å²) in [4.78, 5) is 18.6. The predicted molar refractivity (Wildman–Crippen MR) is 76.0 cm³/mol. The highest BCUT2D eigenvalue weighted by Gasteiger charge is 2.28. The van der Waals surface area contributed by atoms with E-state index < -0.39 is 0 Å². The molecule has 1 fully saturated rings. The minimum Gasteiger partial charge on any atom is -0.321 e. The molecule has 1 aliphatic heterocycles. The van der Waals surface area contributed by atoms with E-state index in [1.54, 1.807) is 11.1 Å². The molecule has 4 nitrogen and oxygen atoms in total. The molecule has 1 aliphatic rings. The van der Waals surface area contributed by atoms with Crippen LogP contribution in [0.15, 0.2) is 36.5 Å². The van der Waals surface area contributed by atoms with Gasteiger partial charge in [-0.15, -0.1) is 0 Å². The largest absolute Gasteiger partial charge is 0.321 e. The fourth-order valence-electron chi connectivity index (χ4n) is 2.73. The molecule has 20 heavy (non-hydrogen) atoms. The summed E-state index contributed by atoms with van der Waals surface area (Å²) >= 11 is 0. The number of benzene rings is 1. The second kappa shape index (κ2) is 5.30. The molecule has 0 radical (unpaired) electrons. The Morgan fingerprint density at radius 3 is 3.00 bits per heavy atom. The summed E-state index contributed by atoms with van der Waals surface area (Å²) in [6, 6.07) is 11.5. The van der Waals surface area contributed by atoms with Crippen LogP contribution in [0.4, 0.5) is 0 Å². The van der Waals surface area contributed by atoms with Crippen molar-refractivity contribution >= 4 is 16.7 Å². The third-order valence-corrected chi connectivity index (χ3v) is 3.79. The van der Waals surface area contributed by atoms with E-state index >= 15 is 0 Å². The van der Waals surface area contributed by atoms with Gasteiger partial charge in [-0.05, 0) is 30.7 Å². The zero-order valence-corrected chi connectivity index (χ0v) is 11.1. The quantitative estimate of drug-likeness (QED) is 0.796. The molecule has 1 amide bonds. The highest BCUT2D eigenvalue weighted by Crippen LogP contribution is 2.22. The van der Waals surface area contributed by atoms with Crippen molar-refractivity contribution in [1.82, 2.24) is 9.88 Å². The molecule has 0 bridgehead atoms. The molecule has 2 aromatic rings. The highest BCUT2D eigenvalue weighted by atomic mass is 16.2. The standard InChI is InChI=1S/C16H15N3O/c17-11-13-6-3-4-10-19(13)16(20)15-14-7-2-1-5-12(14)8-9-18-15/h1-2,5,7-9,13H,3-4,6,10H2. The van der Waals surface area contributed by atoms with Crippen molar-refractivity contribution in [1.29, 1.82) is 5.26 Å². The molecule has 100 valence electrons. The Balaban J connectivity index is 2.02. The number of amides is 1. The monoisotopic (exact) mass is 265 g/mol. The number of carbonyl (C=O) groups is 1. The van der Waals surface area contributed by atoms with E-state index in [1.165, 1.54) is 0 Å². The van der Waals surface area contributed by atoms with Gasteiger partial charge in [-0.3, -0.25) is 9.78 Å². The highest BCUT2D eigenvalue weighted by molar-refractivity contribution is 6.05. The van der Waals surface area contributed by atoms with E-state index in [-0.39, 0.29) is 11.9 Å². The number of likely N-dealkylation sites (tertiary alicyclic amines) is 1. The van der Waals surface area contributed by atoms with Crippen LogP contribution in [-0.4, -0.2) is 28.4 Å². The summed E-state index contributed by atoms with van der Waals surface area (Å²) in [7, 11) is 0. The fourth-order valence-corrected chi connectivity index (χ4v) is 2.73. The second-order valence-corrected chi connectivity index (χ2v) is 5.02. The lowest BCUT2D eigenvalue weighted by Gasteiger charge is -2.31. The van der Waals surface area contributed by atoms with Crippen molar-refractivity contribution in [2.45, 2.75) is 25.3 Å². The van der Waals surface area contributed by atoms with Gasteiger partial charge >= 0.3 is 0 Å². The third kappa shape index (κ3) is 2.12. The van der Waals surface area contributed by atoms with Gasteiger partial charge in [0.15, 0.2) is 0 Å². The summed E-state index contributed by atoms with van der Waals surface area (Å²) in [5, 5.41) is 11.1. The number of pyridine rings is 1. The first kappa shape index (κ1) is 12.6. The molecule has 4 heteroatoms. The molecule has 3 rings (SSSR count). The number of aromatic nitrogens is 1. The number of fused-ring (bicyclic) bond motifs is 1. The number of hydrogen-bond donors (Lipinski definition) is 0. The minimum absolute atomic E-state index is 0.131. The first-order valence-corrected chi connectivity index (χ1v) is 6.85. The van der Waals surface area contributed by atoms with Gasteiger partial charge in [-0.2, -0.15) is 5.26 Å². The van der Waals surface area contributed by atoms with Gasteiger partial charge in [0, 0.05) is 18.1 Å². The van der Waals surface area contributed by atoms with Crippen LogP contribution in [0.1, 0.15) is 29.8 Å². The lowest BCUT2D eigenvalue weighted by atomic mass is 10.0. The molecule has 0 aliphatic carbocycles. The Labute approximate surface area is 117 Å². The Morgan fingerprint density at radius 2 is 2.15 bits per heavy atom. The van der Waals surface area contributed by atoms with E-state index in [2.05, 4.69) is 11.1 Å². The summed E-state index contributed by atoms with van der Waals surface area (Å²) in [5.74, 6) is -0.131. The van der Waals surface area contributed by atoms with E-state index in [4.69, 9.17) is 0 Å². The van der Waals surface area contributed by atoms with Crippen molar-refractivity contribution in [2.24, 2.45) is 0 Å². The Bertz CT molecular complexity index is 684. The average molecular weight is 265 g/mol. The zero-order chi connectivity index (χ0) is 13.9. The van der Waals surface area contributed by atoms with Gasteiger partial charge in [0.25, 0.3) is 5.91 Å². The summed E-state index contributed by atoms with van der Waals surface area (Å²) in [5.41, 5.74) is 0.449. The number of nitriles is 1. The van der Waals surface area contributed by atoms with Crippen LogP contribution in [0, 0.1) is 11.3 Å². The molecular formula is C16H15N3O. The average Bonchev–Trinajstić information content (AvgIpc) is 2.53. The van der Waals surface area contributed by atoms with Crippen LogP contribution in [0.25, 0.3) is 10.8 Å². The maximum Gasteiger partial charge on any atom is 0.274 e. The van der Waals surface area contributed by atoms with Crippen molar-refractivity contribution in [3.8, 4) is 6.07 Å². The van der Waals surface area contributed by atoms with E-state index in [9.17, 15) is 10.1 Å². The third-order valence-electron chi connectivity index (χ3n) is 3.79. The van der Waals surface area contributed by atoms with Gasteiger partial charge in [0.1, 0.15) is 11.7 Å². The zero-order valence-electron chi connectivity index (χ0n) is 11.1. The summed E-state index contributed by atoms with van der Waals surface area (Å²) < 4.78 is 0. The van der Waals surface area contributed by atoms with Crippen LogP contribution in [-0.2, 0) is 0 Å². The van der Waals surface area contributed by atoms with Crippen LogP contribution in [0.5, 0.6) is 0 Å². The predicted octanol–water partition coefficient (Wildman–Crippen LogP) is 2.75. The lowest BCUT2D eigenvalue weighted by Crippen LogP contribution is -2.43. The molecular weight excluding hydrogens is 250 g/mol. The van der Waals surface area contributed by atoms with Crippen molar-refractivity contribution in [2.75, 3.05) is 6.54 Å². The topological polar surface area (TPSA) is 57.0 Å². The van der Waals surface area contributed by atoms with Crippen molar-refractivity contribution in [3.05, 3.63) is 42.2 Å². The maximum atomic E-state index is 12.7. The first-order chi connectivity index (χ1) is 9.81. The number of hydrogen-bond acceptors (Lipinski definition) is 3. The summed E-state index contributed by atoms with van der Waals surface area (Å²) in [6.45, 7) is 0.641. The van der Waals surface area contributed by atoms with Crippen LogP contribution >= 0.6 is 0 Å². The van der Waals surface area contributed by atoms with Crippen LogP contribution in [0.2, 0.25) is 0 Å². The minimum atomic E-state index is -0.322. The molecule has 1 unspecified atom stereocenters. The summed E-state index contributed by atoms with van der Waals surface area (Å²) in [6.07, 6.45) is 4.37. The Morgan fingerprint density at radius 1 is 1.30 bits per heavy atom. The number of nitrogens with zero attached hydrogens (tertiary/aromatic N) is 3. The first-order valence-electron chi connectivity index (χ1n) is 6.85. The molecule has 0 N–H and O–H groups in total. The van der Waals surface area contributed by atoms with E-state index in [0.717, 1.165) is 30.0 Å². The van der Waals surface area contributed by atoms with Crippen molar-refractivity contribution < 1.29 is 4.79 Å². The van der Waals surface area contributed by atoms with Crippen molar-refractivity contribution in [3.63, 3.8) is 0 Å². The van der Waals surface area contributed by atoms with Crippen LogP contribution < -0.4 is 0 Å². The van der Waals surface area contributed by atoms with Gasteiger partial charge in [0.2, 0.25) is 0 Å². The second-order valence-electron chi connectivity index (χ2n) is 5.02. The molecule has 0 spiro atoms. The lowest BCUT2D eigenvalue weighted by molar-refractivity contribution is 0.0667. The van der Waals surface area contributed by atoms with E-state index in [1.807, 2.05) is 30.3 Å². The maximum absolute atomic E-state index is 12.7. The fraction of sp³-hybridized carbons (Fsp3) is 0.312.